The van der Waals surface area contributed by atoms with Gasteiger partial charge in [0.25, 0.3) is 12.3 Å². The molecule has 76 valence electrons. The number of primary amides is 1. The van der Waals surface area contributed by atoms with Crippen LogP contribution in [-0.4, -0.2) is 16.0 Å². The zero-order chi connectivity index (χ0) is 10.9. The molecule has 1 heterocycles. The highest BCUT2D eigenvalue weighted by atomic mass is 127. The second-order valence-corrected chi connectivity index (χ2v) is 3.54. The molecule has 0 atom stereocenters. The minimum Gasteiger partial charge on any atom is -0.505 e. The first-order valence-electron chi connectivity index (χ1n) is 3.40. The zero-order valence-corrected chi connectivity index (χ0v) is 8.83. The number of amides is 1. The van der Waals surface area contributed by atoms with Gasteiger partial charge in [-0.1, -0.05) is 0 Å². The quantitative estimate of drug-likeness (QED) is 0.811. The van der Waals surface area contributed by atoms with Gasteiger partial charge in [0.15, 0.2) is 5.75 Å². The third-order valence-corrected chi connectivity index (χ3v) is 2.31. The molecule has 0 radical (unpaired) electrons. The van der Waals surface area contributed by atoms with Gasteiger partial charge in [0.05, 0.1) is 5.56 Å². The first kappa shape index (κ1) is 11.1. The molecule has 7 heteroatoms. The van der Waals surface area contributed by atoms with Gasteiger partial charge in [-0.2, -0.15) is 0 Å². The molecule has 0 saturated carbocycles. The number of aromatic hydroxyl groups is 1. The summed E-state index contributed by atoms with van der Waals surface area (Å²) in [5, 5.41) is 9.26. The summed E-state index contributed by atoms with van der Waals surface area (Å²) in [6.07, 6.45) is -1.88. The fraction of sp³-hybridized carbons (Fsp3) is 0.143. The highest BCUT2D eigenvalue weighted by Crippen LogP contribution is 2.31. The Bertz CT molecular complexity index is 384. The summed E-state index contributed by atoms with van der Waals surface area (Å²) < 4.78 is 24.7. The van der Waals surface area contributed by atoms with E-state index in [1.165, 1.54) is 0 Å². The Morgan fingerprint density at radius 1 is 1.64 bits per heavy atom. The molecule has 0 aliphatic rings. The maximum Gasteiger partial charge on any atom is 0.284 e. The molecule has 3 N–H and O–H groups in total. The van der Waals surface area contributed by atoms with E-state index in [1.807, 2.05) is 0 Å². The second kappa shape index (κ2) is 4.03. The van der Waals surface area contributed by atoms with Crippen molar-refractivity contribution in [3.05, 3.63) is 21.0 Å². The summed E-state index contributed by atoms with van der Waals surface area (Å²) in [6, 6.07) is 0. The topological polar surface area (TPSA) is 76.2 Å². The third-order valence-electron chi connectivity index (χ3n) is 1.49. The largest absolute Gasteiger partial charge is 0.505 e. The van der Waals surface area contributed by atoms with Crippen LogP contribution in [0.4, 0.5) is 8.78 Å². The SMILES string of the molecule is NC(=O)c1c(I)cnc(C(F)F)c1O. The lowest BCUT2D eigenvalue weighted by Gasteiger charge is -2.07. The Morgan fingerprint density at radius 3 is 2.64 bits per heavy atom. The Balaban J connectivity index is 3.41. The van der Waals surface area contributed by atoms with Crippen molar-refractivity contribution in [1.29, 1.82) is 0 Å². The molecule has 4 nitrogen and oxygen atoms in total. The number of alkyl halides is 2. The Morgan fingerprint density at radius 2 is 2.21 bits per heavy atom. The molecule has 1 amide bonds. The van der Waals surface area contributed by atoms with Gasteiger partial charge in [0, 0.05) is 9.77 Å². The van der Waals surface area contributed by atoms with Gasteiger partial charge in [0.1, 0.15) is 5.69 Å². The van der Waals surface area contributed by atoms with Gasteiger partial charge < -0.3 is 10.8 Å². The average molecular weight is 314 g/mol. The summed E-state index contributed by atoms with van der Waals surface area (Å²) in [5.41, 5.74) is 3.75. The normalized spacial score (nSPS) is 10.6. The second-order valence-electron chi connectivity index (χ2n) is 2.38. The summed E-state index contributed by atoms with van der Waals surface area (Å²) >= 11 is 1.67. The van der Waals surface area contributed by atoms with Crippen molar-refractivity contribution in [1.82, 2.24) is 4.98 Å². The van der Waals surface area contributed by atoms with Crippen LogP contribution in [0.3, 0.4) is 0 Å². The molecule has 1 rings (SSSR count). The molecule has 1 aromatic rings. The standard InChI is InChI=1S/C7H5F2IN2O2/c8-6(9)4-5(13)3(7(11)14)2(10)1-12-4/h1,6,13H,(H2,11,14). The summed E-state index contributed by atoms with van der Waals surface area (Å²) in [7, 11) is 0. The van der Waals surface area contributed by atoms with E-state index in [0.29, 0.717) is 0 Å². The van der Waals surface area contributed by atoms with E-state index in [1.54, 1.807) is 22.6 Å². The van der Waals surface area contributed by atoms with Gasteiger partial charge in [0.2, 0.25) is 0 Å². The van der Waals surface area contributed by atoms with E-state index in [-0.39, 0.29) is 9.13 Å². The Labute approximate surface area is 91.3 Å². The zero-order valence-electron chi connectivity index (χ0n) is 6.67. The molecule has 1 aromatic heterocycles. The lowest BCUT2D eigenvalue weighted by molar-refractivity contribution is 0.0994. The maximum atomic E-state index is 12.2. The van der Waals surface area contributed by atoms with Crippen molar-refractivity contribution in [3.8, 4) is 5.75 Å². The van der Waals surface area contributed by atoms with Gasteiger partial charge in [-0.05, 0) is 22.6 Å². The van der Waals surface area contributed by atoms with Crippen LogP contribution >= 0.6 is 22.6 Å². The Hall–Kier alpha value is -0.990. The van der Waals surface area contributed by atoms with Crippen LogP contribution in [0.1, 0.15) is 22.5 Å². The molecule has 0 saturated heterocycles. The summed E-state index contributed by atoms with van der Waals surface area (Å²) in [6.45, 7) is 0. The molecule has 14 heavy (non-hydrogen) atoms. The number of halogens is 3. The number of carbonyl (C=O) groups is 1. The van der Waals surface area contributed by atoms with E-state index in [2.05, 4.69) is 4.98 Å². The van der Waals surface area contributed by atoms with Crippen LogP contribution in [0.25, 0.3) is 0 Å². The van der Waals surface area contributed by atoms with Crippen molar-refractivity contribution < 1.29 is 18.7 Å². The number of nitrogens with zero attached hydrogens (tertiary/aromatic N) is 1. The van der Waals surface area contributed by atoms with E-state index in [4.69, 9.17) is 5.73 Å². The number of carbonyl (C=O) groups excluding carboxylic acids is 1. The van der Waals surface area contributed by atoms with Crippen molar-refractivity contribution in [2.45, 2.75) is 6.43 Å². The van der Waals surface area contributed by atoms with Crippen LogP contribution in [0.5, 0.6) is 5.75 Å². The molecule has 0 fully saturated rings. The molecular weight excluding hydrogens is 309 g/mol. The van der Waals surface area contributed by atoms with E-state index in [9.17, 15) is 18.7 Å². The molecular formula is C7H5F2IN2O2. The van der Waals surface area contributed by atoms with Crippen LogP contribution < -0.4 is 5.73 Å². The fourth-order valence-corrected chi connectivity index (χ4v) is 1.55. The van der Waals surface area contributed by atoms with E-state index < -0.39 is 23.8 Å². The van der Waals surface area contributed by atoms with Crippen molar-refractivity contribution in [3.63, 3.8) is 0 Å². The monoisotopic (exact) mass is 314 g/mol. The molecule has 0 aliphatic carbocycles. The lowest BCUT2D eigenvalue weighted by atomic mass is 10.2. The highest BCUT2D eigenvalue weighted by molar-refractivity contribution is 14.1. The first-order valence-corrected chi connectivity index (χ1v) is 4.48. The number of pyridine rings is 1. The summed E-state index contributed by atoms with van der Waals surface area (Å²) in [5.74, 6) is -1.81. The number of nitrogens with two attached hydrogens (primary N) is 1. The smallest absolute Gasteiger partial charge is 0.284 e. The van der Waals surface area contributed by atoms with Crippen LogP contribution in [-0.2, 0) is 0 Å². The predicted octanol–water partition coefficient (Wildman–Crippen LogP) is 1.43. The van der Waals surface area contributed by atoms with Crippen molar-refractivity contribution in [2.75, 3.05) is 0 Å². The van der Waals surface area contributed by atoms with Gasteiger partial charge in [-0.25, -0.2) is 8.78 Å². The Kier molecular flexibility index (Phi) is 3.19. The predicted molar refractivity (Wildman–Crippen MR) is 52.1 cm³/mol. The van der Waals surface area contributed by atoms with Gasteiger partial charge >= 0.3 is 0 Å². The highest BCUT2D eigenvalue weighted by Gasteiger charge is 2.22. The van der Waals surface area contributed by atoms with E-state index >= 15 is 0 Å². The van der Waals surface area contributed by atoms with Crippen LogP contribution in [0, 0.1) is 3.57 Å². The first-order chi connectivity index (χ1) is 6.45. The molecule has 0 unspecified atom stereocenters. The van der Waals surface area contributed by atoms with E-state index in [0.717, 1.165) is 6.20 Å². The minimum absolute atomic E-state index is 0.233. The minimum atomic E-state index is -2.94. The molecule has 0 aliphatic heterocycles. The molecule has 0 aromatic carbocycles. The lowest BCUT2D eigenvalue weighted by Crippen LogP contribution is -2.14. The maximum absolute atomic E-state index is 12.2. The number of rotatable bonds is 2. The van der Waals surface area contributed by atoms with Crippen LogP contribution in [0.15, 0.2) is 6.20 Å². The van der Waals surface area contributed by atoms with Crippen LogP contribution in [0.2, 0.25) is 0 Å². The van der Waals surface area contributed by atoms with Gasteiger partial charge in [-0.15, -0.1) is 0 Å². The number of hydrogen-bond acceptors (Lipinski definition) is 3. The molecule has 0 spiro atoms. The number of aromatic nitrogens is 1. The third kappa shape index (κ3) is 1.91. The van der Waals surface area contributed by atoms with Crippen molar-refractivity contribution >= 4 is 28.5 Å². The van der Waals surface area contributed by atoms with Gasteiger partial charge in [-0.3, -0.25) is 9.78 Å². The fourth-order valence-electron chi connectivity index (χ4n) is 0.887. The van der Waals surface area contributed by atoms with Crippen molar-refractivity contribution in [2.24, 2.45) is 5.73 Å². The molecule has 0 bridgehead atoms. The average Bonchev–Trinajstić information content (AvgIpc) is 2.02. The number of hydrogen-bond donors (Lipinski definition) is 2. The summed E-state index contributed by atoms with van der Waals surface area (Å²) in [4.78, 5) is 14.1.